The van der Waals surface area contributed by atoms with Gasteiger partial charge in [0.05, 0.1) is 28.9 Å². The van der Waals surface area contributed by atoms with Crippen LogP contribution in [0.15, 0.2) is 18.3 Å². The van der Waals surface area contributed by atoms with Crippen LogP contribution in [0, 0.1) is 19.8 Å². The first-order chi connectivity index (χ1) is 13.6. The minimum Gasteiger partial charge on any atom is -0.371 e. The van der Waals surface area contributed by atoms with E-state index in [1.54, 1.807) is 11.0 Å². The topological polar surface area (TPSA) is 49.3 Å². The van der Waals surface area contributed by atoms with Gasteiger partial charge >= 0.3 is 6.18 Å². The molecule has 1 atom stereocenters. The molecule has 0 bridgehead atoms. The Morgan fingerprint density at radius 1 is 1.28 bits per heavy atom. The van der Waals surface area contributed by atoms with Crippen LogP contribution in [-0.4, -0.2) is 33.9 Å². The van der Waals surface area contributed by atoms with Gasteiger partial charge in [-0.25, -0.2) is 0 Å². The van der Waals surface area contributed by atoms with E-state index in [4.69, 9.17) is 11.6 Å². The summed E-state index contributed by atoms with van der Waals surface area (Å²) >= 11 is 6.29. The van der Waals surface area contributed by atoms with Gasteiger partial charge in [0.15, 0.2) is 0 Å². The summed E-state index contributed by atoms with van der Waals surface area (Å²) < 4.78 is 38.8. The van der Waals surface area contributed by atoms with E-state index in [0.717, 1.165) is 34.8 Å². The van der Waals surface area contributed by atoms with Crippen molar-refractivity contribution < 1.29 is 18.0 Å². The highest BCUT2D eigenvalue weighted by Crippen LogP contribution is 2.34. The predicted octanol–water partition coefficient (Wildman–Crippen LogP) is 4.13. The number of rotatable bonds is 2. The molecule has 0 N–H and O–H groups in total. The second-order valence-corrected chi connectivity index (χ2v) is 7.96. The molecule has 0 saturated carbocycles. The Balaban J connectivity index is 1.46. The van der Waals surface area contributed by atoms with Crippen LogP contribution in [-0.2, 0) is 24.1 Å². The van der Waals surface area contributed by atoms with Crippen LogP contribution < -0.4 is 4.90 Å². The van der Waals surface area contributed by atoms with Crippen molar-refractivity contribution in [3.63, 3.8) is 0 Å². The fourth-order valence-corrected chi connectivity index (χ4v) is 4.25. The number of aryl methyl sites for hydroxylation is 1. The lowest BCUT2D eigenvalue weighted by molar-refractivity contribution is -0.141. The van der Waals surface area contributed by atoms with E-state index in [-0.39, 0.29) is 11.8 Å². The third kappa shape index (κ3) is 3.66. The Kier molecular flexibility index (Phi) is 4.93. The monoisotopic (exact) mass is 424 g/mol. The fourth-order valence-electron chi connectivity index (χ4n) is 4.09. The lowest BCUT2D eigenvalue weighted by atomic mass is 10.1. The second-order valence-electron chi connectivity index (χ2n) is 7.58. The quantitative estimate of drug-likeness (QED) is 0.727. The van der Waals surface area contributed by atoms with E-state index in [2.05, 4.69) is 9.97 Å². The van der Waals surface area contributed by atoms with Crippen molar-refractivity contribution in [3.8, 4) is 0 Å². The number of hydrogen-bond acceptors (Lipinski definition) is 4. The zero-order valence-electron chi connectivity index (χ0n) is 16.1. The summed E-state index contributed by atoms with van der Waals surface area (Å²) in [4.78, 5) is 24.5. The number of pyridine rings is 2. The molecule has 9 heteroatoms. The number of nitrogens with zero attached hydrogens (tertiary/aromatic N) is 4. The Morgan fingerprint density at radius 3 is 2.76 bits per heavy atom. The van der Waals surface area contributed by atoms with E-state index in [9.17, 15) is 18.0 Å². The normalized spacial score (nSPS) is 19.0. The third-order valence-electron chi connectivity index (χ3n) is 5.69. The van der Waals surface area contributed by atoms with Gasteiger partial charge in [0.1, 0.15) is 5.69 Å². The average Bonchev–Trinajstić information content (AvgIpc) is 3.33. The van der Waals surface area contributed by atoms with Gasteiger partial charge in [0.25, 0.3) is 0 Å². The Labute approximate surface area is 171 Å². The highest BCUT2D eigenvalue weighted by Gasteiger charge is 2.37. The molecule has 2 aliphatic heterocycles. The van der Waals surface area contributed by atoms with Gasteiger partial charge < -0.3 is 9.80 Å². The SMILES string of the molecule is Cc1nc2c(c(C)c1Cl)CN(C(=O)C1CCN(c3ccnc(C(F)(F)F)c3)C1)C2. The first-order valence-electron chi connectivity index (χ1n) is 9.36. The van der Waals surface area contributed by atoms with Crippen LogP contribution in [0.25, 0.3) is 0 Å². The molecule has 2 aromatic rings. The average molecular weight is 425 g/mol. The Bertz CT molecular complexity index is 979. The zero-order valence-corrected chi connectivity index (χ0v) is 16.8. The van der Waals surface area contributed by atoms with Gasteiger partial charge in [-0.3, -0.25) is 14.8 Å². The standard InChI is InChI=1S/C20H20ClF3N4O/c1-11-15-9-28(10-16(15)26-12(2)18(11)21)19(29)13-4-6-27(8-13)14-3-5-25-17(7-14)20(22,23)24/h3,5,7,13H,4,6,8-10H2,1-2H3. The molecule has 1 amide bonds. The summed E-state index contributed by atoms with van der Waals surface area (Å²) in [6.07, 6.45) is -2.73. The molecule has 0 spiro atoms. The number of amides is 1. The highest BCUT2D eigenvalue weighted by molar-refractivity contribution is 6.32. The lowest BCUT2D eigenvalue weighted by Crippen LogP contribution is -2.34. The van der Waals surface area contributed by atoms with Gasteiger partial charge in [-0.2, -0.15) is 13.2 Å². The van der Waals surface area contributed by atoms with E-state index < -0.39 is 11.9 Å². The molecule has 1 saturated heterocycles. The van der Waals surface area contributed by atoms with Crippen LogP contribution in [0.2, 0.25) is 5.02 Å². The lowest BCUT2D eigenvalue weighted by Gasteiger charge is -2.22. The van der Waals surface area contributed by atoms with Gasteiger partial charge in [-0.1, -0.05) is 11.6 Å². The molecule has 2 aromatic heterocycles. The van der Waals surface area contributed by atoms with Gasteiger partial charge in [0, 0.05) is 31.5 Å². The predicted molar refractivity (Wildman–Crippen MR) is 103 cm³/mol. The molecule has 1 fully saturated rings. The largest absolute Gasteiger partial charge is 0.433 e. The maximum absolute atomic E-state index is 13.0. The number of hydrogen-bond donors (Lipinski definition) is 0. The number of halogens is 4. The van der Waals surface area contributed by atoms with Gasteiger partial charge in [-0.15, -0.1) is 0 Å². The van der Waals surface area contributed by atoms with Crippen molar-refractivity contribution in [2.24, 2.45) is 5.92 Å². The molecular formula is C20H20ClF3N4O. The van der Waals surface area contributed by atoms with Crippen LogP contribution in [0.5, 0.6) is 0 Å². The Morgan fingerprint density at radius 2 is 2.03 bits per heavy atom. The molecule has 5 nitrogen and oxygen atoms in total. The summed E-state index contributed by atoms with van der Waals surface area (Å²) in [6, 6.07) is 2.59. The summed E-state index contributed by atoms with van der Waals surface area (Å²) in [7, 11) is 0. The molecule has 0 radical (unpaired) electrons. The molecule has 4 rings (SSSR count). The fraction of sp³-hybridized carbons (Fsp3) is 0.450. The zero-order chi connectivity index (χ0) is 20.9. The Hall–Kier alpha value is -2.35. The van der Waals surface area contributed by atoms with Crippen LogP contribution in [0.4, 0.5) is 18.9 Å². The summed E-state index contributed by atoms with van der Waals surface area (Å²) in [6.45, 7) is 5.61. The molecule has 2 aliphatic rings. The minimum atomic E-state index is -4.49. The van der Waals surface area contributed by atoms with E-state index in [1.807, 2.05) is 18.7 Å². The van der Waals surface area contributed by atoms with Crippen LogP contribution in [0.3, 0.4) is 0 Å². The minimum absolute atomic E-state index is 0.00350. The van der Waals surface area contributed by atoms with Crippen LogP contribution in [0.1, 0.15) is 34.6 Å². The smallest absolute Gasteiger partial charge is 0.371 e. The molecule has 1 unspecified atom stereocenters. The number of aromatic nitrogens is 2. The summed E-state index contributed by atoms with van der Waals surface area (Å²) in [5, 5.41) is 0.628. The van der Waals surface area contributed by atoms with Crippen LogP contribution >= 0.6 is 11.6 Å². The highest BCUT2D eigenvalue weighted by atomic mass is 35.5. The molecule has 0 aliphatic carbocycles. The second kappa shape index (κ2) is 7.16. The number of anilines is 1. The van der Waals surface area contributed by atoms with Crippen molar-refractivity contribution >= 4 is 23.2 Å². The maximum Gasteiger partial charge on any atom is 0.433 e. The van der Waals surface area contributed by atoms with Crippen molar-refractivity contribution in [2.45, 2.75) is 39.5 Å². The third-order valence-corrected chi connectivity index (χ3v) is 6.25. The number of alkyl halides is 3. The molecule has 154 valence electrons. The van der Waals surface area contributed by atoms with E-state index >= 15 is 0 Å². The molecular weight excluding hydrogens is 405 g/mol. The van der Waals surface area contributed by atoms with Crippen molar-refractivity contribution in [1.29, 1.82) is 0 Å². The van der Waals surface area contributed by atoms with Crippen molar-refractivity contribution in [2.75, 3.05) is 18.0 Å². The van der Waals surface area contributed by atoms with Gasteiger partial charge in [-0.05, 0) is 43.5 Å². The number of fused-ring (bicyclic) bond motifs is 1. The first-order valence-corrected chi connectivity index (χ1v) is 9.74. The van der Waals surface area contributed by atoms with E-state index in [1.165, 1.54) is 0 Å². The first kappa shape index (κ1) is 19.9. The van der Waals surface area contributed by atoms with Crippen molar-refractivity contribution in [3.05, 3.63) is 51.6 Å². The number of carbonyl (C=O) groups excluding carboxylic acids is 1. The summed E-state index contributed by atoms with van der Waals surface area (Å²) in [5.41, 5.74) is 3.08. The van der Waals surface area contributed by atoms with Crippen molar-refractivity contribution in [1.82, 2.24) is 14.9 Å². The summed E-state index contributed by atoms with van der Waals surface area (Å²) in [5.74, 6) is -0.257. The van der Waals surface area contributed by atoms with Gasteiger partial charge in [0.2, 0.25) is 5.91 Å². The maximum atomic E-state index is 13.0. The molecule has 0 aromatic carbocycles. The van der Waals surface area contributed by atoms with E-state index in [0.29, 0.717) is 43.3 Å². The molecule has 29 heavy (non-hydrogen) atoms. The number of carbonyl (C=O) groups is 1. The molecule has 4 heterocycles.